The summed E-state index contributed by atoms with van der Waals surface area (Å²) in [7, 11) is 2.06. The van der Waals surface area contributed by atoms with Gasteiger partial charge in [-0.05, 0) is 18.4 Å². The molecular formula is C11H19N3. The van der Waals surface area contributed by atoms with Crippen LogP contribution in [0, 0.1) is 5.92 Å². The van der Waals surface area contributed by atoms with Gasteiger partial charge in [-0.15, -0.1) is 0 Å². The number of nitrogen functional groups attached to an aromatic ring is 1. The quantitative estimate of drug-likeness (QED) is 0.796. The first-order valence-corrected chi connectivity index (χ1v) is 5.02. The van der Waals surface area contributed by atoms with Crippen molar-refractivity contribution in [2.75, 3.05) is 24.2 Å². The summed E-state index contributed by atoms with van der Waals surface area (Å²) in [5.74, 6) is 0.723. The lowest BCUT2D eigenvalue weighted by Gasteiger charge is -2.21. The number of rotatable bonds is 4. The molecule has 0 saturated heterocycles. The second-order valence-electron chi connectivity index (χ2n) is 4.04. The van der Waals surface area contributed by atoms with E-state index in [0.29, 0.717) is 0 Å². The van der Waals surface area contributed by atoms with Crippen molar-refractivity contribution >= 4 is 11.4 Å². The van der Waals surface area contributed by atoms with E-state index in [1.807, 2.05) is 6.07 Å². The van der Waals surface area contributed by atoms with Crippen LogP contribution in [0.25, 0.3) is 0 Å². The number of hydrogen-bond acceptors (Lipinski definition) is 3. The average Bonchev–Trinajstić information content (AvgIpc) is 2.15. The Morgan fingerprint density at radius 3 is 2.79 bits per heavy atom. The molecule has 0 aliphatic rings. The lowest BCUT2D eigenvalue weighted by molar-refractivity contribution is 0.585. The minimum Gasteiger partial charge on any atom is -0.396 e. The van der Waals surface area contributed by atoms with E-state index in [1.165, 1.54) is 6.42 Å². The van der Waals surface area contributed by atoms with Gasteiger partial charge in [-0.3, -0.25) is 4.98 Å². The van der Waals surface area contributed by atoms with E-state index in [4.69, 9.17) is 5.73 Å². The Balaban J connectivity index is 2.60. The van der Waals surface area contributed by atoms with Crippen LogP contribution in [0.1, 0.15) is 20.3 Å². The molecule has 0 aromatic carbocycles. The van der Waals surface area contributed by atoms with Gasteiger partial charge < -0.3 is 10.6 Å². The maximum absolute atomic E-state index is 5.82. The van der Waals surface area contributed by atoms with Gasteiger partial charge in [-0.25, -0.2) is 0 Å². The molecule has 0 fully saturated rings. The van der Waals surface area contributed by atoms with Crippen LogP contribution in [0.3, 0.4) is 0 Å². The topological polar surface area (TPSA) is 42.2 Å². The van der Waals surface area contributed by atoms with E-state index in [2.05, 4.69) is 30.8 Å². The van der Waals surface area contributed by atoms with Crippen LogP contribution >= 0.6 is 0 Å². The molecule has 14 heavy (non-hydrogen) atoms. The van der Waals surface area contributed by atoms with Crippen LogP contribution in [0.15, 0.2) is 18.5 Å². The van der Waals surface area contributed by atoms with Gasteiger partial charge in [0.2, 0.25) is 0 Å². The van der Waals surface area contributed by atoms with Crippen molar-refractivity contribution in [2.45, 2.75) is 20.3 Å². The Morgan fingerprint density at radius 1 is 1.50 bits per heavy atom. The minimum absolute atomic E-state index is 0.723. The molecule has 3 nitrogen and oxygen atoms in total. The molecule has 2 N–H and O–H groups in total. The van der Waals surface area contributed by atoms with E-state index in [1.54, 1.807) is 12.4 Å². The molecule has 0 aliphatic heterocycles. The van der Waals surface area contributed by atoms with Gasteiger partial charge in [0, 0.05) is 19.8 Å². The summed E-state index contributed by atoms with van der Waals surface area (Å²) >= 11 is 0. The fourth-order valence-corrected chi connectivity index (χ4v) is 1.32. The third kappa shape index (κ3) is 2.91. The molecule has 0 unspecified atom stereocenters. The first-order valence-electron chi connectivity index (χ1n) is 5.02. The first kappa shape index (κ1) is 10.8. The van der Waals surface area contributed by atoms with E-state index in [-0.39, 0.29) is 0 Å². The summed E-state index contributed by atoms with van der Waals surface area (Å²) in [6.07, 6.45) is 4.65. The number of anilines is 2. The van der Waals surface area contributed by atoms with E-state index in [9.17, 15) is 0 Å². The van der Waals surface area contributed by atoms with Crippen LogP contribution in [-0.4, -0.2) is 18.6 Å². The average molecular weight is 193 g/mol. The molecule has 0 atom stereocenters. The maximum Gasteiger partial charge on any atom is 0.0738 e. The monoisotopic (exact) mass is 193 g/mol. The standard InChI is InChI=1S/C11H19N3/c1-9(2)5-7-14(3)11-4-6-13-8-10(11)12/h4,6,8-9H,5,7,12H2,1-3H3. The Kier molecular flexibility index (Phi) is 3.74. The normalized spacial score (nSPS) is 10.6. The van der Waals surface area contributed by atoms with Crippen LogP contribution in [-0.2, 0) is 0 Å². The van der Waals surface area contributed by atoms with Crippen molar-refractivity contribution in [1.29, 1.82) is 0 Å². The van der Waals surface area contributed by atoms with Gasteiger partial charge in [0.1, 0.15) is 0 Å². The highest BCUT2D eigenvalue weighted by Gasteiger charge is 2.04. The third-order valence-corrected chi connectivity index (χ3v) is 2.28. The molecule has 1 heterocycles. The fraction of sp³-hybridized carbons (Fsp3) is 0.545. The first-order chi connectivity index (χ1) is 6.61. The second kappa shape index (κ2) is 4.84. The molecule has 1 aromatic rings. The summed E-state index contributed by atoms with van der Waals surface area (Å²) in [6, 6.07) is 1.95. The third-order valence-electron chi connectivity index (χ3n) is 2.28. The molecule has 3 heteroatoms. The SMILES string of the molecule is CC(C)CCN(C)c1ccncc1N. The summed E-state index contributed by atoms with van der Waals surface area (Å²) in [6.45, 7) is 5.49. The van der Waals surface area contributed by atoms with Gasteiger partial charge in [0.15, 0.2) is 0 Å². The zero-order valence-corrected chi connectivity index (χ0v) is 9.20. The summed E-state index contributed by atoms with van der Waals surface area (Å²) < 4.78 is 0. The number of aromatic nitrogens is 1. The molecule has 0 saturated carbocycles. The second-order valence-corrected chi connectivity index (χ2v) is 4.04. The van der Waals surface area contributed by atoms with Gasteiger partial charge in [-0.1, -0.05) is 13.8 Å². The zero-order valence-electron chi connectivity index (χ0n) is 9.20. The van der Waals surface area contributed by atoms with Crippen molar-refractivity contribution in [1.82, 2.24) is 4.98 Å². The Morgan fingerprint density at radius 2 is 2.21 bits per heavy atom. The largest absolute Gasteiger partial charge is 0.396 e. The highest BCUT2D eigenvalue weighted by atomic mass is 15.1. The Bertz CT molecular complexity index is 284. The molecule has 0 bridgehead atoms. The highest BCUT2D eigenvalue weighted by molar-refractivity contribution is 5.65. The molecule has 0 radical (unpaired) electrons. The smallest absolute Gasteiger partial charge is 0.0738 e. The summed E-state index contributed by atoms with van der Waals surface area (Å²) in [5, 5.41) is 0. The molecule has 0 spiro atoms. The van der Waals surface area contributed by atoms with Crippen molar-refractivity contribution in [2.24, 2.45) is 5.92 Å². The molecule has 1 aromatic heterocycles. The van der Waals surface area contributed by atoms with Crippen LogP contribution < -0.4 is 10.6 Å². The Hall–Kier alpha value is -1.25. The number of nitrogens with two attached hydrogens (primary N) is 1. The molecule has 0 aliphatic carbocycles. The van der Waals surface area contributed by atoms with E-state index in [0.717, 1.165) is 23.8 Å². The predicted molar refractivity (Wildman–Crippen MR) is 61.4 cm³/mol. The number of pyridine rings is 1. The lowest BCUT2D eigenvalue weighted by atomic mass is 10.1. The molecule has 0 amide bonds. The van der Waals surface area contributed by atoms with Gasteiger partial charge >= 0.3 is 0 Å². The fourth-order valence-electron chi connectivity index (χ4n) is 1.32. The van der Waals surface area contributed by atoms with Gasteiger partial charge in [-0.2, -0.15) is 0 Å². The van der Waals surface area contributed by atoms with E-state index < -0.39 is 0 Å². The van der Waals surface area contributed by atoms with Crippen molar-refractivity contribution in [3.05, 3.63) is 18.5 Å². The van der Waals surface area contributed by atoms with Crippen molar-refractivity contribution in [3.8, 4) is 0 Å². The lowest BCUT2D eigenvalue weighted by Crippen LogP contribution is -2.21. The predicted octanol–water partition coefficient (Wildman–Crippen LogP) is 2.15. The summed E-state index contributed by atoms with van der Waals surface area (Å²) in [5.41, 5.74) is 7.64. The van der Waals surface area contributed by atoms with Crippen LogP contribution in [0.2, 0.25) is 0 Å². The highest BCUT2D eigenvalue weighted by Crippen LogP contribution is 2.20. The zero-order chi connectivity index (χ0) is 10.6. The molecule has 1 rings (SSSR count). The molecule has 78 valence electrons. The van der Waals surface area contributed by atoms with Gasteiger partial charge in [0.25, 0.3) is 0 Å². The molecular weight excluding hydrogens is 174 g/mol. The van der Waals surface area contributed by atoms with Crippen LogP contribution in [0.5, 0.6) is 0 Å². The van der Waals surface area contributed by atoms with Crippen LogP contribution in [0.4, 0.5) is 11.4 Å². The number of hydrogen-bond donors (Lipinski definition) is 1. The van der Waals surface area contributed by atoms with E-state index >= 15 is 0 Å². The Labute approximate surface area is 85.9 Å². The van der Waals surface area contributed by atoms with Crippen molar-refractivity contribution < 1.29 is 0 Å². The summed E-state index contributed by atoms with van der Waals surface area (Å²) in [4.78, 5) is 6.15. The van der Waals surface area contributed by atoms with Gasteiger partial charge in [0.05, 0.1) is 17.6 Å². The maximum atomic E-state index is 5.82. The van der Waals surface area contributed by atoms with Crippen molar-refractivity contribution in [3.63, 3.8) is 0 Å². The minimum atomic E-state index is 0.723. The number of nitrogens with zero attached hydrogens (tertiary/aromatic N) is 2.